The minimum absolute atomic E-state index is 0.107. The molecule has 2 unspecified atom stereocenters. The lowest BCUT2D eigenvalue weighted by molar-refractivity contribution is -0.124. The number of amides is 9. The van der Waals surface area contributed by atoms with Gasteiger partial charge in [-0.1, -0.05) is 47.8 Å². The molecule has 2 aliphatic carbocycles. The zero-order chi connectivity index (χ0) is 81.7. The largest absolute Gasteiger partial charge is 0.380 e. The van der Waals surface area contributed by atoms with Crippen LogP contribution in [0.15, 0.2) is 0 Å². The van der Waals surface area contributed by atoms with Crippen molar-refractivity contribution in [3.05, 3.63) is 0 Å². The number of carbonyl (C=O) groups is 9. The highest BCUT2D eigenvalue weighted by Crippen LogP contribution is 2.50. The van der Waals surface area contributed by atoms with Gasteiger partial charge in [0.2, 0.25) is 53.2 Å². The molecule has 0 aliphatic heterocycles. The summed E-state index contributed by atoms with van der Waals surface area (Å²) in [6, 6.07) is 0. The Labute approximate surface area is 684 Å². The van der Waals surface area contributed by atoms with E-state index in [1.165, 1.54) is 0 Å². The third-order valence-corrected chi connectivity index (χ3v) is 17.0. The van der Waals surface area contributed by atoms with Crippen LogP contribution in [-0.4, -0.2) is 385 Å². The normalized spacial score (nSPS) is 14.3. The molecule has 0 radical (unpaired) electrons. The quantitative estimate of drug-likeness (QED) is 0.0205. The Kier molecular flexibility index (Phi) is 72.6. The van der Waals surface area contributed by atoms with E-state index in [4.69, 9.17) is 102 Å². The van der Waals surface area contributed by atoms with Crippen LogP contribution < -0.4 is 65.1 Å². The molecule has 0 spiro atoms. The number of halogens is 3. The highest BCUT2D eigenvalue weighted by molar-refractivity contribution is 9.09. The topological polar surface area (TPSA) is 506 Å². The summed E-state index contributed by atoms with van der Waals surface area (Å²) in [5.74, 6) is -1.30. The molecule has 0 aromatic carbocycles. The average molecular weight is 1810 g/mol. The van der Waals surface area contributed by atoms with Crippen LogP contribution in [0, 0.1) is 10.8 Å². The third kappa shape index (κ3) is 65.9. The molecule has 654 valence electrons. The molecular formula is C70H131Br3N12O27. The predicted molar refractivity (Wildman–Crippen MR) is 420 cm³/mol. The highest BCUT2D eigenvalue weighted by atomic mass is 79.9. The Morgan fingerprint density at radius 2 is 0.402 bits per heavy atom. The second-order valence-electron chi connectivity index (χ2n) is 24.8. The van der Waals surface area contributed by atoms with Crippen LogP contribution in [0.3, 0.4) is 0 Å². The molecule has 39 nitrogen and oxygen atoms in total. The van der Waals surface area contributed by atoms with Crippen molar-refractivity contribution in [2.75, 3.05) is 319 Å². The summed E-state index contributed by atoms with van der Waals surface area (Å²) in [5.41, 5.74) is 15.2. The number of carbonyl (C=O) groups excluding carboxylic acids is 9. The maximum absolute atomic E-state index is 12.4. The maximum atomic E-state index is 12.4. The van der Waals surface area contributed by atoms with Gasteiger partial charge in [0.05, 0.1) is 253 Å². The molecule has 2 saturated carbocycles. The highest BCUT2D eigenvalue weighted by Gasteiger charge is 2.57. The number of rotatable bonds is 82. The van der Waals surface area contributed by atoms with Crippen molar-refractivity contribution in [2.45, 2.75) is 63.6 Å². The van der Waals surface area contributed by atoms with Crippen LogP contribution in [0.1, 0.15) is 51.4 Å². The third-order valence-electron chi connectivity index (χ3n) is 15.5. The van der Waals surface area contributed by atoms with E-state index in [1.807, 2.05) is 0 Å². The van der Waals surface area contributed by atoms with Crippen LogP contribution in [0.2, 0.25) is 0 Å². The Hall–Kier alpha value is -4.17. The molecule has 112 heavy (non-hydrogen) atoms. The van der Waals surface area contributed by atoms with E-state index in [0.29, 0.717) is 263 Å². The fourth-order valence-corrected chi connectivity index (χ4v) is 9.94. The molecule has 0 aromatic heterocycles. The molecule has 0 aromatic rings. The van der Waals surface area contributed by atoms with Gasteiger partial charge in [-0.15, -0.1) is 0 Å². The van der Waals surface area contributed by atoms with E-state index in [0.717, 1.165) is 0 Å². The van der Waals surface area contributed by atoms with Crippen molar-refractivity contribution in [2.24, 2.45) is 28.0 Å². The summed E-state index contributed by atoms with van der Waals surface area (Å²) in [6.07, 6.45) is 1.93. The number of hydrogen-bond acceptors (Lipinski definition) is 30. The standard InChI is InChI=1S/C38H67Br3N6O15.C32H64N6O12/c39-26-35(51)45-7-16-57-22-19-54-13-4-42-32(48)1-10-60-29-38(30-61-11-2-33(49)43-5-14-55-20-23-58-17-8-46-36(52)27-40)25-31(38)62-12-3-34(50)44-6-15-56-21-24-59-18-9-47-37(53)28-41;33-4-13-42-19-22-45-16-7-36-29(39)1-10-48-26-32(27-49-11-2-30(40)37-8-17-46-23-20-43-14-5-34)25-28(32)50-12-3-31(41)38-9-18-47-24-21-44-15-6-35/h31H,1-30H2,(H,42,48)(H,43,49)(H,44,50)(H,45,51)(H,46,52)(H,47,53);28H,1-27,33-35H2,(H,36,39)(H,37,40)(H,38,41). The molecule has 2 fully saturated rings. The van der Waals surface area contributed by atoms with E-state index < -0.39 is 10.8 Å². The molecule has 0 heterocycles. The SMILES string of the molecule is NCCOCCOCCNC(=O)CCOCC1(COCCC(=O)NCCOCCOCCN)CC1OCCC(=O)NCCOCCOCCN.O=C(CBr)NCCOCCOCCNC(=O)CCOCC1(COCCC(=O)NCCOCCOCCNC(=O)CBr)CC1OCCC(=O)NCCOCCOCCNC(=O)CBr. The first-order valence-electron chi connectivity index (χ1n) is 38.3. The lowest BCUT2D eigenvalue weighted by Crippen LogP contribution is -2.31. The minimum atomic E-state index is -0.482. The number of nitrogens with two attached hydrogens (primary N) is 3. The van der Waals surface area contributed by atoms with Crippen LogP contribution in [0.5, 0.6) is 0 Å². The van der Waals surface area contributed by atoms with Crippen LogP contribution >= 0.6 is 47.8 Å². The van der Waals surface area contributed by atoms with Crippen LogP contribution in [-0.2, 0) is 128 Å². The molecule has 2 aliphatic rings. The van der Waals surface area contributed by atoms with E-state index >= 15 is 0 Å². The molecule has 42 heteroatoms. The van der Waals surface area contributed by atoms with Gasteiger partial charge in [-0.2, -0.15) is 0 Å². The van der Waals surface area contributed by atoms with E-state index in [1.54, 1.807) is 0 Å². The first-order chi connectivity index (χ1) is 54.6. The van der Waals surface area contributed by atoms with Crippen molar-refractivity contribution in [3.8, 4) is 0 Å². The second-order valence-corrected chi connectivity index (χ2v) is 26.5. The Morgan fingerprint density at radius 3 is 0.580 bits per heavy atom. The number of ether oxygens (including phenoxy) is 18. The number of alkyl halides is 3. The van der Waals surface area contributed by atoms with Gasteiger partial charge in [0.15, 0.2) is 0 Å². The number of nitrogens with one attached hydrogen (secondary N) is 9. The van der Waals surface area contributed by atoms with Crippen molar-refractivity contribution in [3.63, 3.8) is 0 Å². The van der Waals surface area contributed by atoms with Crippen molar-refractivity contribution in [1.29, 1.82) is 0 Å². The summed E-state index contributed by atoms with van der Waals surface area (Å²) in [4.78, 5) is 107. The zero-order valence-electron chi connectivity index (χ0n) is 65.3. The molecule has 0 saturated heterocycles. The van der Waals surface area contributed by atoms with Crippen molar-refractivity contribution in [1.82, 2.24) is 47.9 Å². The van der Waals surface area contributed by atoms with Gasteiger partial charge in [0.25, 0.3) is 0 Å². The van der Waals surface area contributed by atoms with Gasteiger partial charge in [-0.3, -0.25) is 43.2 Å². The fraction of sp³-hybridized carbons (Fsp3) is 0.871. The first kappa shape index (κ1) is 106. The van der Waals surface area contributed by atoms with Gasteiger partial charge in [0, 0.05) is 128 Å². The summed E-state index contributed by atoms with van der Waals surface area (Å²) >= 11 is 9.22. The average Bonchev–Trinajstić information content (AvgIpc) is 1.62. The van der Waals surface area contributed by atoms with Crippen LogP contribution in [0.25, 0.3) is 0 Å². The fourth-order valence-electron chi connectivity index (χ4n) is 9.35. The summed E-state index contributed by atoms with van der Waals surface area (Å²) < 4.78 is 100.0. The van der Waals surface area contributed by atoms with Gasteiger partial charge in [0.1, 0.15) is 0 Å². The maximum Gasteiger partial charge on any atom is 0.230 e. The van der Waals surface area contributed by atoms with Gasteiger partial charge >= 0.3 is 0 Å². The van der Waals surface area contributed by atoms with E-state index in [2.05, 4.69) is 95.6 Å². The second kappa shape index (κ2) is 76.8. The van der Waals surface area contributed by atoms with Gasteiger partial charge < -0.3 is 150 Å². The molecule has 2 rings (SSSR count). The summed E-state index contributed by atoms with van der Waals surface area (Å²) in [7, 11) is 0. The lowest BCUT2D eigenvalue weighted by Gasteiger charge is -2.18. The van der Waals surface area contributed by atoms with Crippen molar-refractivity contribution >= 4 is 101 Å². The Balaban J connectivity index is 0.00000115. The monoisotopic (exact) mass is 1810 g/mol. The lowest BCUT2D eigenvalue weighted by atomic mass is 10.1. The summed E-state index contributed by atoms with van der Waals surface area (Å²) in [6.45, 7) is 16.8. The van der Waals surface area contributed by atoms with Crippen molar-refractivity contribution < 1.29 is 128 Å². The predicted octanol–water partition coefficient (Wildman–Crippen LogP) is -3.76. The van der Waals surface area contributed by atoms with Gasteiger partial charge in [-0.05, 0) is 12.8 Å². The number of hydrogen-bond donors (Lipinski definition) is 12. The minimum Gasteiger partial charge on any atom is -0.380 e. The molecular weight excluding hydrogens is 1680 g/mol. The zero-order valence-corrected chi connectivity index (χ0v) is 70.1. The Bertz CT molecular complexity index is 2290. The Morgan fingerprint density at radius 1 is 0.232 bits per heavy atom. The van der Waals surface area contributed by atoms with E-state index in [9.17, 15) is 43.2 Å². The van der Waals surface area contributed by atoms with Crippen LogP contribution in [0.4, 0.5) is 0 Å². The molecule has 9 amide bonds. The first-order valence-corrected chi connectivity index (χ1v) is 41.6. The smallest absolute Gasteiger partial charge is 0.230 e. The summed E-state index contributed by atoms with van der Waals surface area (Å²) in [5, 5.41) is 25.5. The molecule has 15 N–H and O–H groups in total. The van der Waals surface area contributed by atoms with Gasteiger partial charge in [-0.25, -0.2) is 0 Å². The molecule has 2 atom stereocenters. The van der Waals surface area contributed by atoms with E-state index in [-0.39, 0.29) is 173 Å². The molecule has 0 bridgehead atoms.